The Morgan fingerprint density at radius 2 is 2.21 bits per heavy atom. The number of nitrogens with zero attached hydrogens (tertiary/aromatic N) is 2. The Labute approximate surface area is 88.7 Å². The zero-order chi connectivity index (χ0) is 10.2. The number of hydrogen-bond donors (Lipinski definition) is 1. The number of aryl methyl sites for hydroxylation is 1. The van der Waals surface area contributed by atoms with Gasteiger partial charge in [-0.15, -0.1) is 10.2 Å². The molecular formula is C9H17N3OS. The molecule has 14 heavy (non-hydrogen) atoms. The van der Waals surface area contributed by atoms with Crippen LogP contribution in [0.15, 0.2) is 0 Å². The Balaban J connectivity index is 1.99. The number of aromatic nitrogens is 2. The lowest BCUT2D eigenvalue weighted by atomic mass is 10.4. The van der Waals surface area contributed by atoms with E-state index in [0.29, 0.717) is 0 Å². The molecule has 0 unspecified atom stereocenters. The Bertz CT molecular complexity index is 252. The van der Waals surface area contributed by atoms with E-state index >= 15 is 0 Å². The van der Waals surface area contributed by atoms with E-state index in [1.165, 1.54) is 6.42 Å². The molecule has 1 heterocycles. The summed E-state index contributed by atoms with van der Waals surface area (Å²) in [4.78, 5) is 0. The van der Waals surface area contributed by atoms with Gasteiger partial charge in [0, 0.05) is 13.2 Å². The summed E-state index contributed by atoms with van der Waals surface area (Å²) in [5, 5.41) is 12.9. The summed E-state index contributed by atoms with van der Waals surface area (Å²) in [6, 6.07) is 0. The van der Waals surface area contributed by atoms with Crippen LogP contribution in [-0.2, 0) is 4.74 Å². The minimum Gasteiger partial charge on any atom is -0.380 e. The van der Waals surface area contributed by atoms with Gasteiger partial charge in [-0.25, -0.2) is 0 Å². The van der Waals surface area contributed by atoms with Crippen LogP contribution in [0.4, 0.5) is 5.13 Å². The van der Waals surface area contributed by atoms with Gasteiger partial charge < -0.3 is 10.1 Å². The van der Waals surface area contributed by atoms with Gasteiger partial charge in [0.15, 0.2) is 0 Å². The number of rotatable bonds is 7. The Morgan fingerprint density at radius 3 is 2.86 bits per heavy atom. The molecule has 4 nitrogen and oxygen atoms in total. The van der Waals surface area contributed by atoms with Crippen molar-refractivity contribution in [2.75, 3.05) is 25.1 Å². The van der Waals surface area contributed by atoms with Gasteiger partial charge in [0.2, 0.25) is 5.13 Å². The molecule has 0 atom stereocenters. The standard InChI is InChI=1S/C9H17N3OS/c1-3-4-6-13-7-5-10-9-12-11-8(2)14-9/h3-7H2,1-2H3,(H,10,12). The molecule has 1 N–H and O–H groups in total. The van der Waals surface area contributed by atoms with Crippen molar-refractivity contribution in [3.05, 3.63) is 5.01 Å². The molecule has 0 spiro atoms. The van der Waals surface area contributed by atoms with Crippen LogP contribution in [0.3, 0.4) is 0 Å². The molecule has 0 saturated heterocycles. The van der Waals surface area contributed by atoms with E-state index in [1.54, 1.807) is 11.3 Å². The first-order valence-corrected chi connectivity index (χ1v) is 5.76. The monoisotopic (exact) mass is 215 g/mol. The van der Waals surface area contributed by atoms with Gasteiger partial charge in [-0.05, 0) is 13.3 Å². The van der Waals surface area contributed by atoms with Crippen molar-refractivity contribution in [2.24, 2.45) is 0 Å². The van der Waals surface area contributed by atoms with E-state index in [2.05, 4.69) is 22.4 Å². The van der Waals surface area contributed by atoms with Crippen molar-refractivity contribution >= 4 is 16.5 Å². The van der Waals surface area contributed by atoms with Gasteiger partial charge in [0.05, 0.1) is 6.61 Å². The summed E-state index contributed by atoms with van der Waals surface area (Å²) in [5.74, 6) is 0. The smallest absolute Gasteiger partial charge is 0.205 e. The molecular weight excluding hydrogens is 198 g/mol. The number of nitrogens with one attached hydrogen (secondary N) is 1. The molecule has 0 aliphatic rings. The van der Waals surface area contributed by atoms with Crippen molar-refractivity contribution in [2.45, 2.75) is 26.7 Å². The fourth-order valence-corrected chi connectivity index (χ4v) is 1.56. The van der Waals surface area contributed by atoms with E-state index in [4.69, 9.17) is 4.74 Å². The second-order valence-corrected chi connectivity index (χ2v) is 4.20. The third-order valence-electron chi connectivity index (χ3n) is 1.69. The fourth-order valence-electron chi connectivity index (χ4n) is 0.947. The summed E-state index contributed by atoms with van der Waals surface area (Å²) in [6.45, 7) is 6.50. The molecule has 0 aromatic carbocycles. The predicted octanol–water partition coefficient (Wildman–Crippen LogP) is 2.08. The highest BCUT2D eigenvalue weighted by Crippen LogP contribution is 2.12. The van der Waals surface area contributed by atoms with Crippen LogP contribution in [0.25, 0.3) is 0 Å². The number of unbranched alkanes of at least 4 members (excludes halogenated alkanes) is 1. The Hall–Kier alpha value is -0.680. The van der Waals surface area contributed by atoms with Crippen LogP contribution in [-0.4, -0.2) is 30.0 Å². The van der Waals surface area contributed by atoms with Crippen molar-refractivity contribution < 1.29 is 4.74 Å². The minimum atomic E-state index is 0.735. The molecule has 0 radical (unpaired) electrons. The number of hydrogen-bond acceptors (Lipinski definition) is 5. The predicted molar refractivity (Wildman–Crippen MR) is 58.9 cm³/mol. The van der Waals surface area contributed by atoms with Crippen LogP contribution in [0.2, 0.25) is 0 Å². The van der Waals surface area contributed by atoms with E-state index in [9.17, 15) is 0 Å². The van der Waals surface area contributed by atoms with Crippen LogP contribution >= 0.6 is 11.3 Å². The largest absolute Gasteiger partial charge is 0.380 e. The summed E-state index contributed by atoms with van der Waals surface area (Å²) in [6.07, 6.45) is 2.32. The molecule has 0 saturated carbocycles. The summed E-state index contributed by atoms with van der Waals surface area (Å²) < 4.78 is 5.40. The average Bonchev–Trinajstić information content (AvgIpc) is 2.58. The van der Waals surface area contributed by atoms with Crippen LogP contribution in [0, 0.1) is 6.92 Å². The topological polar surface area (TPSA) is 47.0 Å². The van der Waals surface area contributed by atoms with E-state index in [0.717, 1.165) is 36.3 Å². The first kappa shape index (κ1) is 11.4. The van der Waals surface area contributed by atoms with Crippen LogP contribution < -0.4 is 5.32 Å². The maximum Gasteiger partial charge on any atom is 0.205 e. The molecule has 1 aromatic heterocycles. The molecule has 0 bridgehead atoms. The average molecular weight is 215 g/mol. The molecule has 1 rings (SSSR count). The van der Waals surface area contributed by atoms with Crippen molar-refractivity contribution in [3.8, 4) is 0 Å². The SMILES string of the molecule is CCCCOCCNc1nnc(C)s1. The van der Waals surface area contributed by atoms with E-state index < -0.39 is 0 Å². The maximum atomic E-state index is 5.40. The van der Waals surface area contributed by atoms with Crippen LogP contribution in [0.1, 0.15) is 24.8 Å². The first-order chi connectivity index (χ1) is 6.83. The molecule has 1 aromatic rings. The van der Waals surface area contributed by atoms with Crippen molar-refractivity contribution in [1.29, 1.82) is 0 Å². The highest BCUT2D eigenvalue weighted by atomic mass is 32.1. The normalized spacial score (nSPS) is 10.4. The van der Waals surface area contributed by atoms with Crippen molar-refractivity contribution in [3.63, 3.8) is 0 Å². The number of anilines is 1. The lowest BCUT2D eigenvalue weighted by molar-refractivity contribution is 0.141. The lowest BCUT2D eigenvalue weighted by Gasteiger charge is -2.03. The summed E-state index contributed by atoms with van der Waals surface area (Å²) in [7, 11) is 0. The molecule has 0 fully saturated rings. The van der Waals surface area contributed by atoms with Gasteiger partial charge in [0.25, 0.3) is 0 Å². The van der Waals surface area contributed by atoms with Gasteiger partial charge in [-0.2, -0.15) is 0 Å². The highest BCUT2D eigenvalue weighted by molar-refractivity contribution is 7.15. The minimum absolute atomic E-state index is 0.735. The van der Waals surface area contributed by atoms with Gasteiger partial charge in [0.1, 0.15) is 5.01 Å². The van der Waals surface area contributed by atoms with Crippen LogP contribution in [0.5, 0.6) is 0 Å². The first-order valence-electron chi connectivity index (χ1n) is 4.94. The molecule has 0 amide bonds. The fraction of sp³-hybridized carbons (Fsp3) is 0.778. The van der Waals surface area contributed by atoms with Crippen molar-refractivity contribution in [1.82, 2.24) is 10.2 Å². The second kappa shape index (κ2) is 6.73. The molecule has 0 aliphatic carbocycles. The molecule has 5 heteroatoms. The zero-order valence-corrected chi connectivity index (χ0v) is 9.56. The maximum absolute atomic E-state index is 5.40. The zero-order valence-electron chi connectivity index (χ0n) is 8.75. The molecule has 0 aliphatic heterocycles. The number of ether oxygens (including phenoxy) is 1. The van der Waals surface area contributed by atoms with E-state index in [1.807, 2.05) is 6.92 Å². The highest BCUT2D eigenvalue weighted by Gasteiger charge is 1.97. The second-order valence-electron chi connectivity index (χ2n) is 3.02. The third-order valence-corrected chi connectivity index (χ3v) is 2.49. The molecule has 80 valence electrons. The summed E-state index contributed by atoms with van der Waals surface area (Å²) >= 11 is 1.57. The summed E-state index contributed by atoms with van der Waals surface area (Å²) in [5.41, 5.74) is 0. The van der Waals surface area contributed by atoms with Gasteiger partial charge in [-0.1, -0.05) is 24.7 Å². The third kappa shape index (κ3) is 4.53. The Kier molecular flexibility index (Phi) is 5.47. The Morgan fingerprint density at radius 1 is 1.36 bits per heavy atom. The quantitative estimate of drug-likeness (QED) is 0.707. The lowest BCUT2D eigenvalue weighted by Crippen LogP contribution is -2.09. The van der Waals surface area contributed by atoms with Gasteiger partial charge >= 0.3 is 0 Å². The van der Waals surface area contributed by atoms with Gasteiger partial charge in [-0.3, -0.25) is 0 Å². The van der Waals surface area contributed by atoms with E-state index in [-0.39, 0.29) is 0 Å².